The van der Waals surface area contributed by atoms with Crippen molar-refractivity contribution in [2.75, 3.05) is 5.32 Å². The van der Waals surface area contributed by atoms with Gasteiger partial charge in [0.2, 0.25) is 5.91 Å². The van der Waals surface area contributed by atoms with Gasteiger partial charge < -0.3 is 5.32 Å². The number of benzene rings is 1. The Balaban J connectivity index is 2.00. The molecular formula is C17H23NO. The third-order valence-corrected chi connectivity index (χ3v) is 3.53. The summed E-state index contributed by atoms with van der Waals surface area (Å²) in [7, 11) is 0. The number of carbonyl (C=O) groups excluding carboxylic acids is 1. The summed E-state index contributed by atoms with van der Waals surface area (Å²) in [5.41, 5.74) is 2.10. The molecule has 0 aromatic heterocycles. The van der Waals surface area contributed by atoms with Crippen LogP contribution in [0.3, 0.4) is 0 Å². The second-order valence-electron chi connectivity index (χ2n) is 5.23. The smallest absolute Gasteiger partial charge is 0.224 e. The molecule has 1 aromatic carbocycles. The number of amides is 1. The number of hydrogen-bond acceptors (Lipinski definition) is 1. The molecule has 2 bridgehead atoms. The number of rotatable bonds is 0. The third-order valence-electron chi connectivity index (χ3n) is 3.53. The molecule has 2 heteroatoms. The summed E-state index contributed by atoms with van der Waals surface area (Å²) < 4.78 is 0. The first-order chi connectivity index (χ1) is 9.34. The van der Waals surface area contributed by atoms with Gasteiger partial charge >= 0.3 is 0 Å². The Bertz CT molecular complexity index is 419. The lowest BCUT2D eigenvalue weighted by molar-refractivity contribution is -0.116. The van der Waals surface area contributed by atoms with Gasteiger partial charge in [0.15, 0.2) is 0 Å². The van der Waals surface area contributed by atoms with Crippen molar-refractivity contribution < 1.29 is 4.79 Å². The molecule has 0 saturated heterocycles. The molecule has 0 unspecified atom stereocenters. The first kappa shape index (κ1) is 13.9. The minimum Gasteiger partial charge on any atom is -0.326 e. The van der Waals surface area contributed by atoms with Crippen molar-refractivity contribution in [1.82, 2.24) is 0 Å². The maximum absolute atomic E-state index is 11.7. The minimum absolute atomic E-state index is 0.135. The van der Waals surface area contributed by atoms with Crippen LogP contribution in [0.25, 0.3) is 6.08 Å². The van der Waals surface area contributed by atoms with E-state index in [1.54, 1.807) is 0 Å². The van der Waals surface area contributed by atoms with Gasteiger partial charge in [0, 0.05) is 12.1 Å². The number of anilines is 1. The lowest BCUT2D eigenvalue weighted by atomic mass is 10.1. The summed E-state index contributed by atoms with van der Waals surface area (Å²) >= 11 is 0. The zero-order valence-corrected chi connectivity index (χ0v) is 11.5. The van der Waals surface area contributed by atoms with Gasteiger partial charge in [-0.15, -0.1) is 0 Å². The molecular weight excluding hydrogens is 234 g/mol. The lowest BCUT2D eigenvalue weighted by Gasteiger charge is -2.06. The summed E-state index contributed by atoms with van der Waals surface area (Å²) in [5.74, 6) is 0.135. The highest BCUT2D eigenvalue weighted by Gasteiger charge is 2.02. The highest BCUT2D eigenvalue weighted by Crippen LogP contribution is 2.14. The van der Waals surface area contributed by atoms with E-state index in [9.17, 15) is 4.79 Å². The van der Waals surface area contributed by atoms with Gasteiger partial charge in [-0.05, 0) is 37.0 Å². The Kier molecular flexibility index (Phi) is 5.67. The Morgan fingerprint density at radius 1 is 0.842 bits per heavy atom. The van der Waals surface area contributed by atoms with E-state index in [0.717, 1.165) is 12.1 Å². The number of hydrogen-bond donors (Lipinski definition) is 1. The van der Waals surface area contributed by atoms with Crippen molar-refractivity contribution >= 4 is 17.7 Å². The normalized spacial score (nSPS) is 19.9. The average Bonchev–Trinajstić information content (AvgIpc) is 2.41. The summed E-state index contributed by atoms with van der Waals surface area (Å²) in [6, 6.07) is 8.06. The van der Waals surface area contributed by atoms with E-state index in [0.29, 0.717) is 6.42 Å². The summed E-state index contributed by atoms with van der Waals surface area (Å²) in [5, 5.41) is 2.95. The predicted molar refractivity (Wildman–Crippen MR) is 81.0 cm³/mol. The van der Waals surface area contributed by atoms with E-state index in [2.05, 4.69) is 29.6 Å². The van der Waals surface area contributed by atoms with Gasteiger partial charge in [-0.3, -0.25) is 4.79 Å². The van der Waals surface area contributed by atoms with Crippen LogP contribution in [0.4, 0.5) is 5.69 Å². The van der Waals surface area contributed by atoms with Crippen molar-refractivity contribution in [2.24, 2.45) is 0 Å². The number of carbonyl (C=O) groups is 1. The van der Waals surface area contributed by atoms with Crippen LogP contribution in [-0.2, 0) is 4.79 Å². The zero-order chi connectivity index (χ0) is 13.3. The van der Waals surface area contributed by atoms with Crippen molar-refractivity contribution in [3.63, 3.8) is 0 Å². The fourth-order valence-electron chi connectivity index (χ4n) is 2.38. The Hall–Kier alpha value is -1.57. The molecule has 0 saturated carbocycles. The highest BCUT2D eigenvalue weighted by molar-refractivity contribution is 5.90. The summed E-state index contributed by atoms with van der Waals surface area (Å²) in [6.45, 7) is 0. The van der Waals surface area contributed by atoms with Gasteiger partial charge in [0.25, 0.3) is 0 Å². The Morgan fingerprint density at radius 2 is 1.53 bits per heavy atom. The molecule has 2 aliphatic heterocycles. The predicted octanol–water partition coefficient (Wildman–Crippen LogP) is 4.77. The quantitative estimate of drug-likeness (QED) is 0.712. The first-order valence-corrected chi connectivity index (χ1v) is 7.41. The van der Waals surface area contributed by atoms with Crippen molar-refractivity contribution in [1.29, 1.82) is 0 Å². The van der Waals surface area contributed by atoms with Gasteiger partial charge in [-0.2, -0.15) is 0 Å². The van der Waals surface area contributed by atoms with Crippen LogP contribution in [0, 0.1) is 0 Å². The van der Waals surface area contributed by atoms with Crippen LogP contribution in [0.1, 0.15) is 56.9 Å². The molecule has 19 heavy (non-hydrogen) atoms. The van der Waals surface area contributed by atoms with E-state index in [4.69, 9.17) is 0 Å². The number of nitrogens with one attached hydrogen (secondary N) is 1. The number of allylic oxidation sites excluding steroid dienone is 1. The minimum atomic E-state index is 0.135. The molecule has 102 valence electrons. The largest absolute Gasteiger partial charge is 0.326 e. The van der Waals surface area contributed by atoms with E-state index in [1.807, 2.05) is 12.1 Å². The summed E-state index contributed by atoms with van der Waals surface area (Å²) in [4.78, 5) is 11.7. The van der Waals surface area contributed by atoms with Gasteiger partial charge in [-0.1, -0.05) is 50.0 Å². The molecule has 2 nitrogen and oxygen atoms in total. The zero-order valence-electron chi connectivity index (χ0n) is 11.5. The van der Waals surface area contributed by atoms with E-state index in [1.165, 1.54) is 44.1 Å². The molecule has 2 aliphatic rings. The standard InChI is InChI=1S/C17H23NO/c19-17-10-8-6-4-2-1-3-5-7-9-15-11-13-16(18-17)14-12-15/h7,9,11-14H,1-6,8,10H2,(H,18,19)/b9-7+. The maximum atomic E-state index is 11.7. The maximum Gasteiger partial charge on any atom is 0.224 e. The van der Waals surface area contributed by atoms with Gasteiger partial charge in [-0.25, -0.2) is 0 Å². The van der Waals surface area contributed by atoms with Crippen molar-refractivity contribution in [3.05, 3.63) is 35.9 Å². The molecule has 3 rings (SSSR count). The molecule has 1 N–H and O–H groups in total. The Labute approximate surface area is 115 Å². The van der Waals surface area contributed by atoms with Crippen LogP contribution >= 0.6 is 0 Å². The fourth-order valence-corrected chi connectivity index (χ4v) is 2.38. The van der Waals surface area contributed by atoms with Gasteiger partial charge in [0.1, 0.15) is 0 Å². The molecule has 0 spiro atoms. The van der Waals surface area contributed by atoms with Crippen molar-refractivity contribution in [2.45, 2.75) is 51.4 Å². The van der Waals surface area contributed by atoms with Crippen molar-refractivity contribution in [3.8, 4) is 0 Å². The third kappa shape index (κ3) is 5.29. The van der Waals surface area contributed by atoms with E-state index < -0.39 is 0 Å². The molecule has 1 amide bonds. The van der Waals surface area contributed by atoms with Crippen LogP contribution in [0.5, 0.6) is 0 Å². The molecule has 1 aromatic rings. The molecule has 2 heterocycles. The topological polar surface area (TPSA) is 29.1 Å². The first-order valence-electron chi connectivity index (χ1n) is 7.41. The second kappa shape index (κ2) is 7.78. The van der Waals surface area contributed by atoms with Gasteiger partial charge in [0.05, 0.1) is 0 Å². The van der Waals surface area contributed by atoms with Crippen LogP contribution < -0.4 is 5.32 Å². The monoisotopic (exact) mass is 257 g/mol. The highest BCUT2D eigenvalue weighted by atomic mass is 16.1. The fraction of sp³-hybridized carbons (Fsp3) is 0.471. The molecule has 0 radical (unpaired) electrons. The molecule has 0 aliphatic carbocycles. The second-order valence-corrected chi connectivity index (χ2v) is 5.23. The van der Waals surface area contributed by atoms with Crippen LogP contribution in [0.15, 0.2) is 30.3 Å². The lowest BCUT2D eigenvalue weighted by Crippen LogP contribution is -2.10. The Morgan fingerprint density at radius 3 is 2.32 bits per heavy atom. The number of fused-ring (bicyclic) bond motifs is 12. The van der Waals surface area contributed by atoms with E-state index in [-0.39, 0.29) is 5.91 Å². The SMILES string of the molecule is O=C1CCCCCCCC/C=C/c2ccc(cc2)N1. The van der Waals surface area contributed by atoms with E-state index >= 15 is 0 Å². The van der Waals surface area contributed by atoms with Crippen LogP contribution in [0.2, 0.25) is 0 Å². The molecule has 0 atom stereocenters. The molecule has 0 fully saturated rings. The summed E-state index contributed by atoms with van der Waals surface area (Å²) in [6.07, 6.45) is 13.5. The van der Waals surface area contributed by atoms with Crippen LogP contribution in [-0.4, -0.2) is 5.91 Å². The average molecular weight is 257 g/mol.